The number of fused-ring (bicyclic) bond motifs is 1. The standard InChI is InChI=1S/C23H22BrN3OS/c1-15-8-9-16(2)21(10-15)22-19-6-4-5-7-20(19)23(28)27(25-22)14-26(3)12-18-11-17(24)13-29-18/h4-11,13H,12,14H2,1-3H3. The molecule has 2 heterocycles. The third-order valence-electron chi connectivity index (χ3n) is 4.94. The minimum absolute atomic E-state index is 0.0612. The highest BCUT2D eigenvalue weighted by atomic mass is 79.9. The molecule has 6 heteroatoms. The van der Waals surface area contributed by atoms with Gasteiger partial charge in [-0.15, -0.1) is 11.3 Å². The monoisotopic (exact) mass is 467 g/mol. The molecule has 0 fully saturated rings. The summed E-state index contributed by atoms with van der Waals surface area (Å²) in [6.45, 7) is 5.35. The summed E-state index contributed by atoms with van der Waals surface area (Å²) in [4.78, 5) is 16.5. The molecule has 0 aliphatic heterocycles. The van der Waals surface area contributed by atoms with Gasteiger partial charge < -0.3 is 0 Å². The van der Waals surface area contributed by atoms with Crippen molar-refractivity contribution in [1.29, 1.82) is 0 Å². The van der Waals surface area contributed by atoms with E-state index in [1.165, 1.54) is 10.4 Å². The molecule has 29 heavy (non-hydrogen) atoms. The molecular formula is C23H22BrN3OS. The van der Waals surface area contributed by atoms with Gasteiger partial charge in [0.1, 0.15) is 0 Å². The fourth-order valence-electron chi connectivity index (χ4n) is 3.50. The Bertz CT molecular complexity index is 1240. The van der Waals surface area contributed by atoms with E-state index in [0.717, 1.165) is 33.2 Å². The summed E-state index contributed by atoms with van der Waals surface area (Å²) in [5.74, 6) is 0. The zero-order valence-corrected chi connectivity index (χ0v) is 19.0. The van der Waals surface area contributed by atoms with Crippen molar-refractivity contribution in [3.8, 4) is 11.3 Å². The Hall–Kier alpha value is -2.28. The molecular weight excluding hydrogens is 446 g/mol. The van der Waals surface area contributed by atoms with Crippen LogP contribution in [-0.4, -0.2) is 21.7 Å². The van der Waals surface area contributed by atoms with E-state index < -0.39 is 0 Å². The smallest absolute Gasteiger partial charge is 0.275 e. The molecule has 4 nitrogen and oxygen atoms in total. The van der Waals surface area contributed by atoms with Crippen molar-refractivity contribution in [2.45, 2.75) is 27.1 Å². The number of thiophene rings is 1. The van der Waals surface area contributed by atoms with Crippen molar-refractivity contribution >= 4 is 38.0 Å². The van der Waals surface area contributed by atoms with Gasteiger partial charge in [-0.1, -0.05) is 35.9 Å². The normalized spacial score (nSPS) is 11.5. The third kappa shape index (κ3) is 4.20. The summed E-state index contributed by atoms with van der Waals surface area (Å²) in [7, 11) is 2.01. The van der Waals surface area contributed by atoms with Crippen molar-refractivity contribution in [2.24, 2.45) is 0 Å². The van der Waals surface area contributed by atoms with Crippen molar-refractivity contribution in [1.82, 2.24) is 14.7 Å². The fraction of sp³-hybridized carbons (Fsp3) is 0.217. The summed E-state index contributed by atoms with van der Waals surface area (Å²) in [6.07, 6.45) is 0. The molecule has 0 aliphatic rings. The first-order valence-electron chi connectivity index (χ1n) is 9.41. The topological polar surface area (TPSA) is 38.1 Å². The zero-order valence-electron chi connectivity index (χ0n) is 16.6. The number of aryl methyl sites for hydroxylation is 2. The molecule has 4 aromatic rings. The van der Waals surface area contributed by atoms with Crippen LogP contribution >= 0.6 is 27.3 Å². The Kier molecular flexibility index (Phi) is 5.67. The van der Waals surface area contributed by atoms with Gasteiger partial charge in [-0.25, -0.2) is 4.68 Å². The lowest BCUT2D eigenvalue weighted by Crippen LogP contribution is -2.31. The molecule has 0 spiro atoms. The Morgan fingerprint density at radius 1 is 1.10 bits per heavy atom. The molecule has 0 saturated heterocycles. The third-order valence-corrected chi connectivity index (χ3v) is 6.62. The van der Waals surface area contributed by atoms with E-state index in [-0.39, 0.29) is 5.56 Å². The number of halogens is 1. The Balaban J connectivity index is 1.79. The highest BCUT2D eigenvalue weighted by Crippen LogP contribution is 2.28. The minimum atomic E-state index is -0.0612. The molecule has 0 bridgehead atoms. The summed E-state index contributed by atoms with van der Waals surface area (Å²) in [6, 6.07) is 16.2. The molecule has 148 valence electrons. The molecule has 2 aromatic carbocycles. The van der Waals surface area contributed by atoms with Gasteiger partial charge in [0, 0.05) is 32.2 Å². The van der Waals surface area contributed by atoms with E-state index in [1.54, 1.807) is 16.0 Å². The van der Waals surface area contributed by atoms with E-state index in [4.69, 9.17) is 5.10 Å². The average Bonchev–Trinajstić information content (AvgIpc) is 3.10. The van der Waals surface area contributed by atoms with Crippen LogP contribution in [0.3, 0.4) is 0 Å². The molecule has 0 unspecified atom stereocenters. The maximum Gasteiger partial charge on any atom is 0.275 e. The molecule has 0 amide bonds. The van der Waals surface area contributed by atoms with E-state index in [0.29, 0.717) is 12.1 Å². The first-order chi connectivity index (χ1) is 13.9. The maximum absolute atomic E-state index is 13.1. The highest BCUT2D eigenvalue weighted by Gasteiger charge is 2.15. The van der Waals surface area contributed by atoms with Crippen molar-refractivity contribution in [3.05, 3.63) is 84.7 Å². The summed E-state index contributed by atoms with van der Waals surface area (Å²) >= 11 is 5.20. The van der Waals surface area contributed by atoms with Crippen LogP contribution in [0.25, 0.3) is 22.0 Å². The summed E-state index contributed by atoms with van der Waals surface area (Å²) in [5.41, 5.74) is 4.19. The lowest BCUT2D eigenvalue weighted by Gasteiger charge is -2.18. The lowest BCUT2D eigenvalue weighted by molar-refractivity contribution is 0.243. The van der Waals surface area contributed by atoms with Crippen LogP contribution in [0, 0.1) is 13.8 Å². The van der Waals surface area contributed by atoms with Crippen LogP contribution in [-0.2, 0) is 13.2 Å². The van der Waals surface area contributed by atoms with Crippen molar-refractivity contribution in [3.63, 3.8) is 0 Å². The largest absolute Gasteiger partial charge is 0.282 e. The van der Waals surface area contributed by atoms with Crippen LogP contribution in [0.5, 0.6) is 0 Å². The molecule has 0 atom stereocenters. The van der Waals surface area contributed by atoms with Gasteiger partial charge in [0.2, 0.25) is 0 Å². The van der Waals surface area contributed by atoms with Crippen LogP contribution < -0.4 is 5.56 Å². The SMILES string of the molecule is Cc1ccc(C)c(-c2nn(CN(C)Cc3cc(Br)cs3)c(=O)c3ccccc23)c1. The number of hydrogen-bond acceptors (Lipinski definition) is 4. The number of benzene rings is 2. The fourth-order valence-corrected chi connectivity index (χ4v) is 5.03. The second-order valence-electron chi connectivity index (χ2n) is 7.40. The summed E-state index contributed by atoms with van der Waals surface area (Å²) in [5, 5.41) is 8.48. The van der Waals surface area contributed by atoms with Crippen LogP contribution in [0.1, 0.15) is 16.0 Å². The second-order valence-corrected chi connectivity index (χ2v) is 9.32. The summed E-state index contributed by atoms with van der Waals surface area (Å²) < 4.78 is 2.67. The van der Waals surface area contributed by atoms with Gasteiger partial charge >= 0.3 is 0 Å². The number of rotatable bonds is 5. The quantitative estimate of drug-likeness (QED) is 0.383. The Morgan fingerprint density at radius 2 is 1.86 bits per heavy atom. The van der Waals surface area contributed by atoms with Gasteiger partial charge in [0.05, 0.1) is 17.7 Å². The molecule has 0 saturated carbocycles. The van der Waals surface area contributed by atoms with Crippen molar-refractivity contribution in [2.75, 3.05) is 7.05 Å². The Morgan fingerprint density at radius 3 is 2.59 bits per heavy atom. The molecule has 0 N–H and O–H groups in total. The lowest BCUT2D eigenvalue weighted by atomic mass is 9.99. The van der Waals surface area contributed by atoms with Crippen LogP contribution in [0.2, 0.25) is 0 Å². The molecule has 2 aromatic heterocycles. The molecule has 0 aliphatic carbocycles. The number of nitrogens with zero attached hydrogens (tertiary/aromatic N) is 3. The zero-order chi connectivity index (χ0) is 20.5. The number of hydrogen-bond donors (Lipinski definition) is 0. The minimum Gasteiger partial charge on any atom is -0.282 e. The first kappa shape index (κ1) is 20.0. The van der Waals surface area contributed by atoms with Gasteiger partial charge in [0.25, 0.3) is 5.56 Å². The van der Waals surface area contributed by atoms with E-state index in [2.05, 4.69) is 64.3 Å². The average molecular weight is 468 g/mol. The van der Waals surface area contributed by atoms with Crippen molar-refractivity contribution < 1.29 is 0 Å². The predicted octanol–water partition coefficient (Wildman–Crippen LogP) is 5.59. The predicted molar refractivity (Wildman–Crippen MR) is 124 cm³/mol. The highest BCUT2D eigenvalue weighted by molar-refractivity contribution is 9.10. The first-order valence-corrected chi connectivity index (χ1v) is 11.1. The number of aromatic nitrogens is 2. The molecule has 0 radical (unpaired) electrons. The van der Waals surface area contributed by atoms with Crippen LogP contribution in [0.4, 0.5) is 0 Å². The molecule has 4 rings (SSSR count). The van der Waals surface area contributed by atoms with E-state index in [1.807, 2.05) is 31.3 Å². The van der Waals surface area contributed by atoms with Gasteiger partial charge in [-0.3, -0.25) is 9.69 Å². The second kappa shape index (κ2) is 8.22. The van der Waals surface area contributed by atoms with Gasteiger partial charge in [-0.2, -0.15) is 5.10 Å². The van der Waals surface area contributed by atoms with E-state index in [9.17, 15) is 4.79 Å². The maximum atomic E-state index is 13.1. The van der Waals surface area contributed by atoms with Gasteiger partial charge in [-0.05, 0) is 60.6 Å². The van der Waals surface area contributed by atoms with Crippen LogP contribution in [0.15, 0.2) is 63.2 Å². The van der Waals surface area contributed by atoms with E-state index >= 15 is 0 Å². The van der Waals surface area contributed by atoms with Gasteiger partial charge in [0.15, 0.2) is 0 Å². The Labute approximate surface area is 182 Å².